The Kier molecular flexibility index (Phi) is 3.91. The lowest BCUT2D eigenvalue weighted by Gasteiger charge is -2.00. The monoisotopic (exact) mass is 227 g/mol. The summed E-state index contributed by atoms with van der Waals surface area (Å²) < 4.78 is 5.05. The summed E-state index contributed by atoms with van der Waals surface area (Å²) in [6.07, 6.45) is 1.85. The second-order valence-corrected chi connectivity index (χ2v) is 3.04. The second kappa shape index (κ2) is 4.98. The fourth-order valence-electron chi connectivity index (χ4n) is 1.23. The minimum Gasteiger partial charge on any atom is -0.479 e. The smallest absolute Gasteiger partial charge is 0.242 e. The van der Waals surface area contributed by atoms with Gasteiger partial charge >= 0.3 is 0 Å². The van der Waals surface area contributed by atoms with Gasteiger partial charge in [-0.3, -0.25) is 0 Å². The van der Waals surface area contributed by atoms with Crippen molar-refractivity contribution in [3.8, 4) is 5.88 Å². The zero-order chi connectivity index (χ0) is 11.4. The van der Waals surface area contributed by atoms with Crippen LogP contribution < -0.4 is 4.74 Å². The minimum absolute atomic E-state index is 0.201. The first-order valence-electron chi connectivity index (χ1n) is 4.77. The average Bonchev–Trinajstić information content (AvgIpc) is 2.62. The number of hydrogen-bond acceptors (Lipinski definition) is 3. The Morgan fingerprint density at radius 3 is 2.60 bits per heavy atom. The highest BCUT2D eigenvalue weighted by atomic mass is 35.5. The molecule has 5 heteroatoms. The van der Waals surface area contributed by atoms with E-state index >= 15 is 0 Å². The van der Waals surface area contributed by atoms with E-state index in [0.29, 0.717) is 5.88 Å². The summed E-state index contributed by atoms with van der Waals surface area (Å²) in [5.74, 6) is 0.475. The first-order valence-corrected chi connectivity index (χ1v) is 5.15. The summed E-state index contributed by atoms with van der Waals surface area (Å²) in [4.78, 5) is 11.0. The number of ether oxygens (including phenoxy) is 1. The predicted octanol–water partition coefficient (Wildman–Crippen LogP) is 2.95. The van der Waals surface area contributed by atoms with Crippen LogP contribution in [0.4, 0.5) is 0 Å². The number of nitrogens with zero attached hydrogens (tertiary/aromatic N) is 2. The van der Waals surface area contributed by atoms with Crippen molar-refractivity contribution in [1.29, 1.82) is 0 Å². The van der Waals surface area contributed by atoms with Gasteiger partial charge in [-0.2, -0.15) is 4.98 Å². The quantitative estimate of drug-likeness (QED) is 0.762. The molecule has 2 aromatic rings. The Bertz CT molecular complexity index is 453. The minimum atomic E-state index is 0.201. The van der Waals surface area contributed by atoms with E-state index in [9.17, 15) is 0 Å². The van der Waals surface area contributed by atoms with Gasteiger partial charge in [-0.05, 0) is 24.1 Å². The van der Waals surface area contributed by atoms with Gasteiger partial charge < -0.3 is 9.72 Å². The first-order chi connectivity index (χ1) is 7.22. The molecule has 0 spiro atoms. The third-order valence-electron chi connectivity index (χ3n) is 1.85. The molecule has 0 saturated heterocycles. The maximum absolute atomic E-state index is 5.72. The summed E-state index contributed by atoms with van der Waals surface area (Å²) in [6, 6.07) is 0. The van der Waals surface area contributed by atoms with Crippen LogP contribution >= 0.6 is 11.6 Å². The fourth-order valence-corrected chi connectivity index (χ4v) is 1.39. The van der Waals surface area contributed by atoms with Crippen molar-refractivity contribution in [2.45, 2.75) is 20.8 Å². The molecular weight excluding hydrogens is 214 g/mol. The van der Waals surface area contributed by atoms with Crippen LogP contribution in [0.2, 0.25) is 5.28 Å². The van der Waals surface area contributed by atoms with Crippen LogP contribution in [0.3, 0.4) is 0 Å². The van der Waals surface area contributed by atoms with Crippen molar-refractivity contribution < 1.29 is 4.74 Å². The largest absolute Gasteiger partial charge is 0.479 e. The molecule has 0 saturated carbocycles. The number of hydrogen-bond donors (Lipinski definition) is 1. The molecule has 0 aromatic carbocycles. The highest BCUT2D eigenvalue weighted by molar-refractivity contribution is 6.28. The lowest BCUT2D eigenvalue weighted by molar-refractivity contribution is 0.402. The zero-order valence-corrected chi connectivity index (χ0v) is 10.0. The molecular formula is C10H14ClN3O. The van der Waals surface area contributed by atoms with Crippen LogP contribution in [0.15, 0.2) is 6.20 Å². The fraction of sp³-hybridized carbons (Fsp3) is 0.400. The summed E-state index contributed by atoms with van der Waals surface area (Å²) >= 11 is 5.72. The van der Waals surface area contributed by atoms with Crippen molar-refractivity contribution in [2.24, 2.45) is 0 Å². The van der Waals surface area contributed by atoms with E-state index in [-0.39, 0.29) is 5.28 Å². The zero-order valence-electron chi connectivity index (χ0n) is 9.26. The molecule has 0 fully saturated rings. The Balaban J connectivity index is 0.000000531. The van der Waals surface area contributed by atoms with Crippen molar-refractivity contribution in [3.63, 3.8) is 0 Å². The van der Waals surface area contributed by atoms with Crippen molar-refractivity contribution in [2.75, 3.05) is 7.11 Å². The summed E-state index contributed by atoms with van der Waals surface area (Å²) in [7, 11) is 1.55. The topological polar surface area (TPSA) is 50.8 Å². The number of H-pyrrole nitrogens is 1. The van der Waals surface area contributed by atoms with Crippen LogP contribution in [0.25, 0.3) is 11.0 Å². The van der Waals surface area contributed by atoms with Crippen molar-refractivity contribution in [3.05, 3.63) is 17.0 Å². The molecule has 0 amide bonds. The Labute approximate surface area is 93.6 Å². The molecule has 0 atom stereocenters. The highest BCUT2D eigenvalue weighted by Gasteiger charge is 2.09. The van der Waals surface area contributed by atoms with Crippen LogP contribution in [-0.2, 0) is 0 Å². The van der Waals surface area contributed by atoms with Gasteiger partial charge in [0.25, 0.3) is 0 Å². The molecule has 0 aliphatic heterocycles. The summed E-state index contributed by atoms with van der Waals surface area (Å²) in [5.41, 5.74) is 2.61. The molecule has 15 heavy (non-hydrogen) atoms. The molecule has 0 unspecified atom stereocenters. The third-order valence-corrected chi connectivity index (χ3v) is 2.02. The van der Waals surface area contributed by atoms with E-state index in [1.807, 2.05) is 27.0 Å². The molecule has 0 aliphatic rings. The molecule has 82 valence electrons. The maximum atomic E-state index is 5.72. The van der Waals surface area contributed by atoms with Gasteiger partial charge in [-0.1, -0.05) is 13.8 Å². The number of rotatable bonds is 1. The molecule has 1 N–H and O–H groups in total. The van der Waals surface area contributed by atoms with Gasteiger partial charge in [0.2, 0.25) is 11.2 Å². The standard InChI is InChI=1S/C8H8ClN3O.C2H6/c1-4-3-10-6-5(4)11-8(9)12-7(6)13-2;1-2/h3,10H,1-2H3;1-2H3. The van der Waals surface area contributed by atoms with Crippen LogP contribution in [0.5, 0.6) is 5.88 Å². The van der Waals surface area contributed by atoms with Crippen LogP contribution in [0.1, 0.15) is 19.4 Å². The molecule has 0 radical (unpaired) electrons. The molecule has 2 heterocycles. The first kappa shape index (κ1) is 11.8. The number of methoxy groups -OCH3 is 1. The van der Waals surface area contributed by atoms with Gasteiger partial charge in [0.15, 0.2) is 0 Å². The van der Waals surface area contributed by atoms with Crippen LogP contribution in [0, 0.1) is 6.92 Å². The van der Waals surface area contributed by atoms with Gasteiger partial charge in [0, 0.05) is 6.20 Å². The lowest BCUT2D eigenvalue weighted by atomic mass is 10.3. The maximum Gasteiger partial charge on any atom is 0.242 e. The Morgan fingerprint density at radius 1 is 1.33 bits per heavy atom. The van der Waals surface area contributed by atoms with E-state index in [2.05, 4.69) is 15.0 Å². The number of nitrogens with one attached hydrogen (secondary N) is 1. The van der Waals surface area contributed by atoms with Gasteiger partial charge in [-0.25, -0.2) is 4.98 Å². The molecule has 2 aromatic heterocycles. The molecule has 0 aliphatic carbocycles. The predicted molar refractivity (Wildman–Crippen MR) is 61.5 cm³/mol. The average molecular weight is 228 g/mol. The Hall–Kier alpha value is -1.29. The number of halogens is 1. The van der Waals surface area contributed by atoms with E-state index < -0.39 is 0 Å². The van der Waals surface area contributed by atoms with Gasteiger partial charge in [0.1, 0.15) is 5.52 Å². The third kappa shape index (κ3) is 2.21. The van der Waals surface area contributed by atoms with E-state index in [1.165, 1.54) is 0 Å². The molecule has 2 rings (SSSR count). The van der Waals surface area contributed by atoms with Crippen molar-refractivity contribution in [1.82, 2.24) is 15.0 Å². The summed E-state index contributed by atoms with van der Waals surface area (Å²) in [5, 5.41) is 0.201. The van der Waals surface area contributed by atoms with E-state index in [4.69, 9.17) is 16.3 Å². The summed E-state index contributed by atoms with van der Waals surface area (Å²) in [6.45, 7) is 5.95. The van der Waals surface area contributed by atoms with Crippen molar-refractivity contribution >= 4 is 22.6 Å². The van der Waals surface area contributed by atoms with Gasteiger partial charge in [-0.15, -0.1) is 0 Å². The normalized spacial score (nSPS) is 9.67. The highest BCUT2D eigenvalue weighted by Crippen LogP contribution is 2.24. The number of fused-ring (bicyclic) bond motifs is 1. The van der Waals surface area contributed by atoms with E-state index in [0.717, 1.165) is 16.6 Å². The van der Waals surface area contributed by atoms with Crippen LogP contribution in [-0.4, -0.2) is 22.1 Å². The van der Waals surface area contributed by atoms with Gasteiger partial charge in [0.05, 0.1) is 12.6 Å². The molecule has 4 nitrogen and oxygen atoms in total. The Morgan fingerprint density at radius 2 is 2.00 bits per heavy atom. The number of aromatic nitrogens is 3. The molecule has 0 bridgehead atoms. The van der Waals surface area contributed by atoms with E-state index in [1.54, 1.807) is 7.11 Å². The lowest BCUT2D eigenvalue weighted by Crippen LogP contribution is -1.92. The SMILES string of the molecule is CC.COc1nc(Cl)nc2c(C)c[nH]c12. The number of aryl methyl sites for hydroxylation is 1. The second-order valence-electron chi connectivity index (χ2n) is 2.70. The number of aromatic amines is 1.